The van der Waals surface area contributed by atoms with Gasteiger partial charge in [0, 0.05) is 12.3 Å². The van der Waals surface area contributed by atoms with Gasteiger partial charge in [-0.05, 0) is 10.4 Å². The predicted molar refractivity (Wildman–Crippen MR) is 45.4 cm³/mol. The molecule has 0 N–H and O–H groups in total. The Labute approximate surface area is 72.0 Å². The maximum Gasteiger partial charge on any atom is 0.153 e. The standard InChI is InChI=1S/C8H12N4/c1-4-5-6-12-8(7(2)3)9-10-11-12/h1,7H,5-6H2,2-3H3. The number of aryl methyl sites for hydroxylation is 1. The van der Waals surface area contributed by atoms with Gasteiger partial charge < -0.3 is 0 Å². The number of aromatic nitrogens is 4. The van der Waals surface area contributed by atoms with Crippen LogP contribution in [-0.4, -0.2) is 20.2 Å². The molecule has 1 heterocycles. The monoisotopic (exact) mass is 164 g/mol. The number of hydrogen-bond acceptors (Lipinski definition) is 3. The second-order valence-corrected chi connectivity index (χ2v) is 2.87. The van der Waals surface area contributed by atoms with Crippen molar-refractivity contribution in [3.05, 3.63) is 5.82 Å². The van der Waals surface area contributed by atoms with Crippen molar-refractivity contribution in [1.29, 1.82) is 0 Å². The van der Waals surface area contributed by atoms with Gasteiger partial charge in [-0.2, -0.15) is 0 Å². The molecule has 0 saturated heterocycles. The Bertz CT molecular complexity index is 281. The molecule has 64 valence electrons. The van der Waals surface area contributed by atoms with Crippen LogP contribution in [0.15, 0.2) is 0 Å². The minimum atomic E-state index is 0.345. The zero-order valence-electron chi connectivity index (χ0n) is 7.36. The van der Waals surface area contributed by atoms with Crippen LogP contribution in [0.1, 0.15) is 32.0 Å². The van der Waals surface area contributed by atoms with Crippen LogP contribution in [0, 0.1) is 12.3 Å². The predicted octanol–water partition coefficient (Wildman–Crippen LogP) is 0.820. The van der Waals surface area contributed by atoms with E-state index in [1.165, 1.54) is 0 Å². The van der Waals surface area contributed by atoms with E-state index in [0.717, 1.165) is 5.82 Å². The summed E-state index contributed by atoms with van der Waals surface area (Å²) in [5.74, 6) is 3.79. The molecule has 0 fully saturated rings. The van der Waals surface area contributed by atoms with Crippen LogP contribution in [0.3, 0.4) is 0 Å². The lowest BCUT2D eigenvalue weighted by Crippen LogP contribution is -2.06. The fourth-order valence-corrected chi connectivity index (χ4v) is 0.955. The molecule has 1 aromatic rings. The van der Waals surface area contributed by atoms with Crippen LogP contribution < -0.4 is 0 Å². The molecule has 0 aliphatic heterocycles. The number of hydrogen-bond donors (Lipinski definition) is 0. The highest BCUT2D eigenvalue weighted by Gasteiger charge is 2.08. The Morgan fingerprint density at radius 3 is 2.92 bits per heavy atom. The average molecular weight is 164 g/mol. The summed E-state index contributed by atoms with van der Waals surface area (Å²) < 4.78 is 1.75. The summed E-state index contributed by atoms with van der Waals surface area (Å²) >= 11 is 0. The van der Waals surface area contributed by atoms with Crippen LogP contribution in [0.5, 0.6) is 0 Å². The van der Waals surface area contributed by atoms with E-state index < -0.39 is 0 Å². The van der Waals surface area contributed by atoms with Crippen LogP contribution in [0.25, 0.3) is 0 Å². The Morgan fingerprint density at radius 2 is 2.33 bits per heavy atom. The Hall–Kier alpha value is -1.37. The average Bonchev–Trinajstić information content (AvgIpc) is 2.48. The van der Waals surface area contributed by atoms with E-state index in [9.17, 15) is 0 Å². The normalized spacial score (nSPS) is 10.2. The third-order valence-corrected chi connectivity index (χ3v) is 1.54. The molecule has 0 amide bonds. The van der Waals surface area contributed by atoms with Gasteiger partial charge in [-0.1, -0.05) is 13.8 Å². The molecule has 0 saturated carbocycles. The van der Waals surface area contributed by atoms with Crippen molar-refractivity contribution in [2.45, 2.75) is 32.7 Å². The molecule has 0 spiro atoms. The van der Waals surface area contributed by atoms with E-state index in [2.05, 4.69) is 35.3 Å². The SMILES string of the molecule is C#CCCn1nnnc1C(C)C. The summed E-state index contributed by atoms with van der Waals surface area (Å²) in [6.07, 6.45) is 5.81. The summed E-state index contributed by atoms with van der Waals surface area (Å²) in [5.41, 5.74) is 0. The summed E-state index contributed by atoms with van der Waals surface area (Å²) in [4.78, 5) is 0. The van der Waals surface area contributed by atoms with Gasteiger partial charge in [-0.25, -0.2) is 4.68 Å². The molecule has 1 rings (SSSR count). The highest BCUT2D eigenvalue weighted by atomic mass is 15.5. The molecule has 0 atom stereocenters. The number of terminal acetylenes is 1. The minimum absolute atomic E-state index is 0.345. The molecule has 0 unspecified atom stereocenters. The molecule has 0 radical (unpaired) electrons. The molecule has 0 aromatic carbocycles. The summed E-state index contributed by atoms with van der Waals surface area (Å²) in [6.45, 7) is 4.81. The molecule has 0 aliphatic carbocycles. The van der Waals surface area contributed by atoms with Gasteiger partial charge in [0.15, 0.2) is 5.82 Å². The Morgan fingerprint density at radius 1 is 1.58 bits per heavy atom. The van der Waals surface area contributed by atoms with Crippen molar-refractivity contribution < 1.29 is 0 Å². The molecule has 0 bridgehead atoms. The quantitative estimate of drug-likeness (QED) is 0.621. The molecule has 4 nitrogen and oxygen atoms in total. The number of tetrazole rings is 1. The lowest BCUT2D eigenvalue weighted by molar-refractivity contribution is 0.558. The van der Waals surface area contributed by atoms with E-state index in [0.29, 0.717) is 18.9 Å². The van der Waals surface area contributed by atoms with E-state index in [1.807, 2.05) is 0 Å². The molecule has 12 heavy (non-hydrogen) atoms. The third-order valence-electron chi connectivity index (χ3n) is 1.54. The van der Waals surface area contributed by atoms with Crippen molar-refractivity contribution in [2.24, 2.45) is 0 Å². The van der Waals surface area contributed by atoms with Gasteiger partial charge in [0.2, 0.25) is 0 Å². The molecule has 0 aliphatic rings. The fourth-order valence-electron chi connectivity index (χ4n) is 0.955. The zero-order valence-corrected chi connectivity index (χ0v) is 7.36. The van der Waals surface area contributed by atoms with Crippen molar-refractivity contribution in [3.8, 4) is 12.3 Å². The summed E-state index contributed by atoms with van der Waals surface area (Å²) in [6, 6.07) is 0. The molecular weight excluding hydrogens is 152 g/mol. The lowest BCUT2D eigenvalue weighted by atomic mass is 10.2. The Kier molecular flexibility index (Phi) is 2.81. The number of nitrogens with zero attached hydrogens (tertiary/aromatic N) is 4. The fraction of sp³-hybridized carbons (Fsp3) is 0.625. The minimum Gasteiger partial charge on any atom is -0.228 e. The van der Waals surface area contributed by atoms with Gasteiger partial charge in [0.05, 0.1) is 6.54 Å². The second-order valence-electron chi connectivity index (χ2n) is 2.87. The molecule has 4 heteroatoms. The van der Waals surface area contributed by atoms with Gasteiger partial charge in [0.25, 0.3) is 0 Å². The van der Waals surface area contributed by atoms with E-state index in [-0.39, 0.29) is 0 Å². The van der Waals surface area contributed by atoms with Gasteiger partial charge >= 0.3 is 0 Å². The Balaban J connectivity index is 2.72. The lowest BCUT2D eigenvalue weighted by Gasteiger charge is -2.03. The maximum absolute atomic E-state index is 5.14. The first-order valence-corrected chi connectivity index (χ1v) is 3.95. The van der Waals surface area contributed by atoms with Crippen LogP contribution in [-0.2, 0) is 6.54 Å². The van der Waals surface area contributed by atoms with Gasteiger partial charge in [-0.15, -0.1) is 17.4 Å². The molecule has 1 aromatic heterocycles. The first kappa shape index (κ1) is 8.72. The van der Waals surface area contributed by atoms with E-state index >= 15 is 0 Å². The topological polar surface area (TPSA) is 43.6 Å². The van der Waals surface area contributed by atoms with Crippen molar-refractivity contribution in [2.75, 3.05) is 0 Å². The zero-order chi connectivity index (χ0) is 8.97. The van der Waals surface area contributed by atoms with E-state index in [4.69, 9.17) is 6.42 Å². The van der Waals surface area contributed by atoms with E-state index in [1.54, 1.807) is 4.68 Å². The highest BCUT2D eigenvalue weighted by Crippen LogP contribution is 2.08. The van der Waals surface area contributed by atoms with Crippen molar-refractivity contribution >= 4 is 0 Å². The summed E-state index contributed by atoms with van der Waals surface area (Å²) in [5, 5.41) is 11.3. The first-order chi connectivity index (χ1) is 5.75. The molecular formula is C8H12N4. The van der Waals surface area contributed by atoms with Crippen LogP contribution >= 0.6 is 0 Å². The second kappa shape index (κ2) is 3.86. The van der Waals surface area contributed by atoms with Crippen LogP contribution in [0.4, 0.5) is 0 Å². The van der Waals surface area contributed by atoms with Gasteiger partial charge in [-0.3, -0.25) is 0 Å². The van der Waals surface area contributed by atoms with Crippen LogP contribution in [0.2, 0.25) is 0 Å². The third kappa shape index (κ3) is 1.82. The van der Waals surface area contributed by atoms with Crippen molar-refractivity contribution in [1.82, 2.24) is 20.2 Å². The van der Waals surface area contributed by atoms with Gasteiger partial charge in [0.1, 0.15) is 0 Å². The summed E-state index contributed by atoms with van der Waals surface area (Å²) in [7, 11) is 0. The maximum atomic E-state index is 5.14. The smallest absolute Gasteiger partial charge is 0.153 e. The van der Waals surface area contributed by atoms with Crippen molar-refractivity contribution in [3.63, 3.8) is 0 Å². The largest absolute Gasteiger partial charge is 0.228 e. The number of rotatable bonds is 3. The first-order valence-electron chi connectivity index (χ1n) is 3.95. The highest BCUT2D eigenvalue weighted by molar-refractivity contribution is 4.90.